The van der Waals surface area contributed by atoms with Crippen LogP contribution in [0.2, 0.25) is 0 Å². The highest BCUT2D eigenvalue weighted by molar-refractivity contribution is 5.85. The number of hydrogen-bond acceptors (Lipinski definition) is 3. The quantitative estimate of drug-likeness (QED) is 0.312. The zero-order valence-corrected chi connectivity index (χ0v) is 12.9. The van der Waals surface area contributed by atoms with Crippen molar-refractivity contribution in [3.05, 3.63) is 35.9 Å². The predicted molar refractivity (Wildman–Crippen MR) is 84.3 cm³/mol. The van der Waals surface area contributed by atoms with Crippen molar-refractivity contribution in [3.8, 4) is 0 Å². The van der Waals surface area contributed by atoms with Crippen molar-refractivity contribution in [2.45, 2.75) is 45.6 Å². The first-order chi connectivity index (χ1) is 9.99. The van der Waals surface area contributed by atoms with Gasteiger partial charge in [-0.15, -0.1) is 0 Å². The molecule has 0 spiro atoms. The van der Waals surface area contributed by atoms with E-state index in [0.29, 0.717) is 6.42 Å². The van der Waals surface area contributed by atoms with Crippen molar-refractivity contribution in [1.82, 2.24) is 5.32 Å². The lowest BCUT2D eigenvalue weighted by Crippen LogP contribution is -2.40. The molecule has 3 unspecified atom stereocenters. The fourth-order valence-corrected chi connectivity index (χ4v) is 2.37. The van der Waals surface area contributed by atoms with Gasteiger partial charge in [-0.1, -0.05) is 55.8 Å². The van der Waals surface area contributed by atoms with Crippen LogP contribution in [0.4, 0.5) is 0 Å². The number of hydrogen-bond donors (Lipinski definition) is 3. The minimum absolute atomic E-state index is 0.0196. The van der Waals surface area contributed by atoms with Crippen molar-refractivity contribution >= 4 is 11.7 Å². The molecule has 21 heavy (non-hydrogen) atoms. The number of carbonyl (C=O) groups excluding carboxylic acids is 1. The van der Waals surface area contributed by atoms with Gasteiger partial charge in [0.25, 0.3) is 0 Å². The first-order valence-electron chi connectivity index (χ1n) is 7.31. The zero-order chi connectivity index (χ0) is 15.8. The van der Waals surface area contributed by atoms with E-state index in [1.54, 1.807) is 0 Å². The summed E-state index contributed by atoms with van der Waals surface area (Å²) in [6.07, 6.45) is 1.24. The number of nitrogens with two attached hydrogens (primary N) is 1. The standard InChI is InChI=1S/C16H25N3O2/c1-4-11(2)15(13-8-6-5-7-9-13)16(20)18-12(3)10-14(17)19-21/h5-9,11-12,15,21H,4,10H2,1-3H3,(H2,17,19)(H,18,20). The molecule has 3 atom stereocenters. The lowest BCUT2D eigenvalue weighted by atomic mass is 9.84. The first kappa shape index (κ1) is 17.0. The topological polar surface area (TPSA) is 87.7 Å². The van der Waals surface area contributed by atoms with Gasteiger partial charge in [-0.25, -0.2) is 0 Å². The van der Waals surface area contributed by atoms with Gasteiger partial charge in [0.1, 0.15) is 5.84 Å². The number of carbonyl (C=O) groups is 1. The number of oxime groups is 1. The number of rotatable bonds is 7. The lowest BCUT2D eigenvalue weighted by Gasteiger charge is -2.24. The Labute approximate surface area is 126 Å². The Morgan fingerprint density at radius 1 is 1.33 bits per heavy atom. The van der Waals surface area contributed by atoms with Crippen molar-refractivity contribution in [1.29, 1.82) is 0 Å². The minimum Gasteiger partial charge on any atom is -0.409 e. The van der Waals surface area contributed by atoms with Crippen LogP contribution in [-0.4, -0.2) is 23.0 Å². The van der Waals surface area contributed by atoms with Crippen LogP contribution >= 0.6 is 0 Å². The molecule has 0 aliphatic carbocycles. The van der Waals surface area contributed by atoms with Crippen molar-refractivity contribution in [3.63, 3.8) is 0 Å². The Bertz CT molecular complexity index is 474. The highest BCUT2D eigenvalue weighted by atomic mass is 16.4. The molecular formula is C16H25N3O2. The summed E-state index contributed by atoms with van der Waals surface area (Å²) in [5, 5.41) is 14.5. The smallest absolute Gasteiger partial charge is 0.228 e. The van der Waals surface area contributed by atoms with E-state index in [-0.39, 0.29) is 29.6 Å². The number of nitrogens with one attached hydrogen (secondary N) is 1. The molecule has 4 N–H and O–H groups in total. The average molecular weight is 291 g/mol. The van der Waals surface area contributed by atoms with Crippen LogP contribution in [0.15, 0.2) is 35.5 Å². The summed E-state index contributed by atoms with van der Waals surface area (Å²) in [6.45, 7) is 5.99. The molecule has 1 rings (SSSR count). The Kier molecular flexibility index (Phi) is 6.72. The van der Waals surface area contributed by atoms with Crippen molar-refractivity contribution in [2.24, 2.45) is 16.8 Å². The van der Waals surface area contributed by atoms with E-state index >= 15 is 0 Å². The van der Waals surface area contributed by atoms with Gasteiger partial charge in [0, 0.05) is 12.5 Å². The summed E-state index contributed by atoms with van der Waals surface area (Å²) in [6, 6.07) is 9.60. The van der Waals surface area contributed by atoms with Gasteiger partial charge in [0.2, 0.25) is 5.91 Å². The molecule has 0 aromatic heterocycles. The molecule has 0 saturated heterocycles. The molecule has 1 aromatic rings. The highest BCUT2D eigenvalue weighted by Crippen LogP contribution is 2.27. The number of amidine groups is 1. The van der Waals surface area contributed by atoms with Crippen LogP contribution in [0.25, 0.3) is 0 Å². The van der Waals surface area contributed by atoms with E-state index < -0.39 is 0 Å². The third-order valence-electron chi connectivity index (χ3n) is 3.69. The average Bonchev–Trinajstić information content (AvgIpc) is 2.47. The molecule has 0 aliphatic rings. The maximum atomic E-state index is 12.6. The molecule has 5 nitrogen and oxygen atoms in total. The summed E-state index contributed by atoms with van der Waals surface area (Å²) in [7, 11) is 0. The summed E-state index contributed by atoms with van der Waals surface area (Å²) in [4.78, 5) is 12.6. The van der Waals surface area contributed by atoms with Gasteiger partial charge in [0.05, 0.1) is 5.92 Å². The second-order valence-electron chi connectivity index (χ2n) is 5.48. The summed E-state index contributed by atoms with van der Waals surface area (Å²) in [5.41, 5.74) is 6.49. The Hall–Kier alpha value is -2.04. The fourth-order valence-electron chi connectivity index (χ4n) is 2.37. The fraction of sp³-hybridized carbons (Fsp3) is 0.500. The molecule has 0 saturated carbocycles. The van der Waals surface area contributed by atoms with Crippen LogP contribution in [0, 0.1) is 5.92 Å². The molecule has 0 heterocycles. The maximum absolute atomic E-state index is 12.6. The molecule has 1 aromatic carbocycles. The van der Waals surface area contributed by atoms with E-state index in [1.807, 2.05) is 37.3 Å². The molecule has 0 bridgehead atoms. The predicted octanol–water partition coefficient (Wildman–Crippen LogP) is 2.46. The second-order valence-corrected chi connectivity index (χ2v) is 5.48. The van der Waals surface area contributed by atoms with Gasteiger partial charge < -0.3 is 16.3 Å². The van der Waals surface area contributed by atoms with Crippen LogP contribution in [0.5, 0.6) is 0 Å². The molecule has 1 amide bonds. The summed E-state index contributed by atoms with van der Waals surface area (Å²) in [5.74, 6) is 0.144. The van der Waals surface area contributed by atoms with Crippen LogP contribution in [0.3, 0.4) is 0 Å². The first-order valence-corrected chi connectivity index (χ1v) is 7.31. The normalized spacial score (nSPS) is 16.0. The van der Waals surface area contributed by atoms with Gasteiger partial charge in [0.15, 0.2) is 0 Å². The van der Waals surface area contributed by atoms with Crippen LogP contribution in [0.1, 0.15) is 45.1 Å². The summed E-state index contributed by atoms with van der Waals surface area (Å²) < 4.78 is 0. The SMILES string of the molecule is CCC(C)C(C(=O)NC(C)CC(N)=NO)c1ccccc1. The largest absolute Gasteiger partial charge is 0.409 e. The molecule has 0 fully saturated rings. The van der Waals surface area contributed by atoms with E-state index in [2.05, 4.69) is 24.3 Å². The number of benzene rings is 1. The zero-order valence-electron chi connectivity index (χ0n) is 12.9. The highest BCUT2D eigenvalue weighted by Gasteiger charge is 2.26. The Morgan fingerprint density at radius 3 is 2.48 bits per heavy atom. The van der Waals surface area contributed by atoms with E-state index in [0.717, 1.165) is 12.0 Å². The van der Waals surface area contributed by atoms with E-state index in [9.17, 15) is 4.79 Å². The van der Waals surface area contributed by atoms with Crippen molar-refractivity contribution < 1.29 is 10.0 Å². The third-order valence-corrected chi connectivity index (χ3v) is 3.69. The molecular weight excluding hydrogens is 266 g/mol. The summed E-state index contributed by atoms with van der Waals surface area (Å²) >= 11 is 0. The molecule has 5 heteroatoms. The molecule has 0 radical (unpaired) electrons. The maximum Gasteiger partial charge on any atom is 0.228 e. The van der Waals surface area contributed by atoms with Gasteiger partial charge >= 0.3 is 0 Å². The molecule has 0 aliphatic heterocycles. The van der Waals surface area contributed by atoms with Gasteiger partial charge in [-0.3, -0.25) is 4.79 Å². The second kappa shape index (κ2) is 8.29. The number of amides is 1. The minimum atomic E-state index is -0.189. The number of nitrogens with zero attached hydrogens (tertiary/aromatic N) is 1. The monoisotopic (exact) mass is 291 g/mol. The van der Waals surface area contributed by atoms with Gasteiger partial charge in [-0.2, -0.15) is 0 Å². The van der Waals surface area contributed by atoms with Crippen LogP contribution in [-0.2, 0) is 4.79 Å². The van der Waals surface area contributed by atoms with Crippen molar-refractivity contribution in [2.75, 3.05) is 0 Å². The lowest BCUT2D eigenvalue weighted by molar-refractivity contribution is -0.124. The van der Waals surface area contributed by atoms with Gasteiger partial charge in [-0.05, 0) is 18.4 Å². The van der Waals surface area contributed by atoms with Crippen LogP contribution < -0.4 is 11.1 Å². The van der Waals surface area contributed by atoms with E-state index in [4.69, 9.17) is 10.9 Å². The third kappa shape index (κ3) is 5.10. The molecule has 116 valence electrons. The Morgan fingerprint density at radius 2 is 1.95 bits per heavy atom. The van der Waals surface area contributed by atoms with E-state index in [1.165, 1.54) is 0 Å². The Balaban J connectivity index is 2.82.